The van der Waals surface area contributed by atoms with Gasteiger partial charge in [0.25, 0.3) is 11.6 Å². The van der Waals surface area contributed by atoms with Crippen molar-refractivity contribution in [1.29, 1.82) is 0 Å². The normalized spacial score (nSPS) is 10.8. The van der Waals surface area contributed by atoms with Crippen molar-refractivity contribution in [2.75, 3.05) is 0 Å². The van der Waals surface area contributed by atoms with Crippen molar-refractivity contribution in [3.8, 4) is 0 Å². The van der Waals surface area contributed by atoms with Crippen LogP contribution in [0.2, 0.25) is 0 Å². The van der Waals surface area contributed by atoms with Crippen LogP contribution in [0, 0.1) is 21.0 Å². The summed E-state index contributed by atoms with van der Waals surface area (Å²) in [7, 11) is 1.79. The zero-order valence-electron chi connectivity index (χ0n) is 11.8. The Bertz CT molecular complexity index is 823. The van der Waals surface area contributed by atoms with E-state index in [2.05, 4.69) is 10.5 Å². The number of nitro groups is 1. The molecule has 0 radical (unpaired) electrons. The second kappa shape index (κ2) is 6.58. The summed E-state index contributed by atoms with van der Waals surface area (Å²) in [5.74, 6) is -0.365. The highest BCUT2D eigenvalue weighted by Crippen LogP contribution is 2.17. The van der Waals surface area contributed by atoms with Crippen molar-refractivity contribution in [3.05, 3.63) is 54.5 Å². The summed E-state index contributed by atoms with van der Waals surface area (Å²) < 4.78 is 2.35. The van der Waals surface area contributed by atoms with E-state index in [4.69, 9.17) is 12.2 Å². The fraction of sp³-hybridized carbons (Fsp3) is 0.154. The molecule has 9 heteroatoms. The number of hydrogen-bond donors (Lipinski definition) is 1. The molecule has 0 atom stereocenters. The number of nitro benzene ring substituents is 1. The minimum Gasteiger partial charge on any atom is -0.330 e. The van der Waals surface area contributed by atoms with Gasteiger partial charge in [-0.3, -0.25) is 14.9 Å². The number of rotatable bonds is 4. The maximum Gasteiger partial charge on any atom is 0.283 e. The molecule has 0 spiro atoms. The maximum absolute atomic E-state index is 12.0. The van der Waals surface area contributed by atoms with E-state index in [0.29, 0.717) is 14.4 Å². The van der Waals surface area contributed by atoms with Gasteiger partial charge in [0.05, 0.1) is 11.1 Å². The summed E-state index contributed by atoms with van der Waals surface area (Å²) in [5, 5.41) is 14.5. The van der Waals surface area contributed by atoms with Crippen LogP contribution in [0.25, 0.3) is 0 Å². The first-order chi connectivity index (χ1) is 10.4. The molecule has 1 amide bonds. The molecule has 1 N–H and O–H groups in total. The SMILES string of the molecule is Cc1c(C(=O)NN=Cc2cccc([N+](=O)[O-])c2)sc(=S)n1C. The first kappa shape index (κ1) is 16.0. The number of hydrazone groups is 1. The summed E-state index contributed by atoms with van der Waals surface area (Å²) in [6.07, 6.45) is 1.35. The Hall–Kier alpha value is -2.39. The Balaban J connectivity index is 2.10. The van der Waals surface area contributed by atoms with Gasteiger partial charge in [0.15, 0.2) is 3.95 Å². The molecule has 2 rings (SSSR count). The fourth-order valence-corrected chi connectivity index (χ4v) is 2.92. The van der Waals surface area contributed by atoms with E-state index in [1.807, 2.05) is 0 Å². The number of hydrogen-bond acceptors (Lipinski definition) is 6. The van der Waals surface area contributed by atoms with Crippen molar-refractivity contribution in [2.24, 2.45) is 12.1 Å². The van der Waals surface area contributed by atoms with Gasteiger partial charge in [-0.05, 0) is 19.1 Å². The molecular weight excluding hydrogens is 324 g/mol. The van der Waals surface area contributed by atoms with Crippen LogP contribution in [-0.4, -0.2) is 21.6 Å². The van der Waals surface area contributed by atoms with Gasteiger partial charge < -0.3 is 4.57 Å². The van der Waals surface area contributed by atoms with E-state index in [9.17, 15) is 14.9 Å². The molecule has 0 aliphatic carbocycles. The molecule has 0 bridgehead atoms. The molecule has 0 saturated heterocycles. The largest absolute Gasteiger partial charge is 0.330 e. The smallest absolute Gasteiger partial charge is 0.283 e. The van der Waals surface area contributed by atoms with Gasteiger partial charge in [-0.1, -0.05) is 23.5 Å². The summed E-state index contributed by atoms with van der Waals surface area (Å²) in [6, 6.07) is 5.96. The van der Waals surface area contributed by atoms with Gasteiger partial charge in [0.2, 0.25) is 0 Å². The maximum atomic E-state index is 12.0. The average molecular weight is 336 g/mol. The third-order valence-corrected chi connectivity index (χ3v) is 4.62. The lowest BCUT2D eigenvalue weighted by molar-refractivity contribution is -0.384. The number of amides is 1. The molecule has 2 aromatic rings. The van der Waals surface area contributed by atoms with Crippen molar-refractivity contribution in [1.82, 2.24) is 9.99 Å². The molecular formula is C13H12N4O3S2. The third-order valence-electron chi connectivity index (χ3n) is 2.96. The number of non-ortho nitro benzene ring substituents is 1. The van der Waals surface area contributed by atoms with Gasteiger partial charge in [-0.15, -0.1) is 0 Å². The molecule has 22 heavy (non-hydrogen) atoms. The highest BCUT2D eigenvalue weighted by Gasteiger charge is 2.13. The van der Waals surface area contributed by atoms with Crippen molar-refractivity contribution >= 4 is 41.4 Å². The number of aromatic nitrogens is 1. The van der Waals surface area contributed by atoms with E-state index < -0.39 is 4.92 Å². The van der Waals surface area contributed by atoms with Crippen LogP contribution in [0.15, 0.2) is 29.4 Å². The lowest BCUT2D eigenvalue weighted by Crippen LogP contribution is -2.17. The topological polar surface area (TPSA) is 89.5 Å². The van der Waals surface area contributed by atoms with Crippen LogP contribution < -0.4 is 5.43 Å². The first-order valence-electron chi connectivity index (χ1n) is 6.14. The molecule has 0 saturated carbocycles. The summed E-state index contributed by atoms with van der Waals surface area (Å²) in [6.45, 7) is 1.80. The number of thiazole rings is 1. The summed E-state index contributed by atoms with van der Waals surface area (Å²) >= 11 is 6.31. The van der Waals surface area contributed by atoms with E-state index in [-0.39, 0.29) is 11.6 Å². The number of nitrogens with one attached hydrogen (secondary N) is 1. The zero-order valence-corrected chi connectivity index (χ0v) is 13.4. The predicted octanol–water partition coefficient (Wildman–Crippen LogP) is 2.80. The average Bonchev–Trinajstić information content (AvgIpc) is 2.75. The second-order valence-electron chi connectivity index (χ2n) is 4.39. The molecule has 114 valence electrons. The second-order valence-corrected chi connectivity index (χ2v) is 6.04. The number of carbonyl (C=O) groups excluding carboxylic acids is 1. The van der Waals surface area contributed by atoms with Gasteiger partial charge >= 0.3 is 0 Å². The van der Waals surface area contributed by atoms with Gasteiger partial charge in [0, 0.05) is 30.4 Å². The molecule has 1 aromatic heterocycles. The van der Waals surface area contributed by atoms with Crippen molar-refractivity contribution in [3.63, 3.8) is 0 Å². The van der Waals surface area contributed by atoms with Gasteiger partial charge in [0.1, 0.15) is 4.88 Å². The Kier molecular flexibility index (Phi) is 4.78. The molecule has 7 nitrogen and oxygen atoms in total. The van der Waals surface area contributed by atoms with Crippen LogP contribution in [-0.2, 0) is 7.05 Å². The minimum atomic E-state index is -0.490. The van der Waals surface area contributed by atoms with Crippen LogP contribution in [0.4, 0.5) is 5.69 Å². The quantitative estimate of drug-likeness (QED) is 0.402. The van der Waals surface area contributed by atoms with Gasteiger partial charge in [-0.25, -0.2) is 5.43 Å². The van der Waals surface area contributed by atoms with Gasteiger partial charge in [-0.2, -0.15) is 5.10 Å². The lowest BCUT2D eigenvalue weighted by atomic mass is 10.2. The standard InChI is InChI=1S/C13H12N4O3S2/c1-8-11(22-13(21)16(8)2)12(18)15-14-7-9-4-3-5-10(6-9)17(19)20/h3-7H,1-2H3,(H,15,18). The van der Waals surface area contributed by atoms with Crippen molar-refractivity contribution < 1.29 is 9.72 Å². The van der Waals surface area contributed by atoms with Crippen LogP contribution in [0.5, 0.6) is 0 Å². The molecule has 1 aromatic carbocycles. The van der Waals surface area contributed by atoms with Crippen LogP contribution in [0.3, 0.4) is 0 Å². The molecule has 0 aliphatic heterocycles. The Morgan fingerprint density at radius 3 is 2.86 bits per heavy atom. The molecule has 0 fully saturated rings. The van der Waals surface area contributed by atoms with Crippen LogP contribution >= 0.6 is 23.6 Å². The molecule has 1 heterocycles. The highest BCUT2D eigenvalue weighted by atomic mass is 32.1. The number of carbonyl (C=O) groups is 1. The molecule has 0 aliphatic rings. The summed E-state index contributed by atoms with van der Waals surface area (Å²) in [4.78, 5) is 22.7. The third kappa shape index (κ3) is 3.43. The number of nitrogens with zero attached hydrogens (tertiary/aromatic N) is 3. The first-order valence-corrected chi connectivity index (χ1v) is 7.37. The van der Waals surface area contributed by atoms with Crippen LogP contribution in [0.1, 0.15) is 20.9 Å². The van der Waals surface area contributed by atoms with E-state index in [1.54, 1.807) is 30.7 Å². The monoisotopic (exact) mass is 336 g/mol. The summed E-state index contributed by atoms with van der Waals surface area (Å²) in [5.41, 5.74) is 3.64. The predicted molar refractivity (Wildman–Crippen MR) is 87.0 cm³/mol. The van der Waals surface area contributed by atoms with E-state index in [0.717, 1.165) is 5.69 Å². The highest BCUT2D eigenvalue weighted by molar-refractivity contribution is 7.73. The van der Waals surface area contributed by atoms with E-state index >= 15 is 0 Å². The lowest BCUT2D eigenvalue weighted by Gasteiger charge is -1.99. The van der Waals surface area contributed by atoms with Crippen molar-refractivity contribution in [2.45, 2.75) is 6.92 Å². The fourth-order valence-electron chi connectivity index (χ4n) is 1.66. The zero-order chi connectivity index (χ0) is 16.3. The number of benzene rings is 1. The van der Waals surface area contributed by atoms with E-state index in [1.165, 1.54) is 29.7 Å². The molecule has 0 unspecified atom stereocenters. The minimum absolute atomic E-state index is 0.0350. The Morgan fingerprint density at radius 2 is 2.27 bits per heavy atom. The Labute approximate surface area is 135 Å². The Morgan fingerprint density at radius 1 is 1.55 bits per heavy atom.